The van der Waals surface area contributed by atoms with Gasteiger partial charge in [0.2, 0.25) is 11.8 Å². The number of nitrogens with two attached hydrogens (primary N) is 5. The van der Waals surface area contributed by atoms with Crippen LogP contribution < -0.4 is 44.2 Å². The van der Waals surface area contributed by atoms with Gasteiger partial charge in [-0.05, 0) is 60.7 Å². The number of imide groups is 1. The first kappa shape index (κ1) is 34.0. The number of anilines is 1. The maximum absolute atomic E-state index is 14.3. The van der Waals surface area contributed by atoms with Crippen molar-refractivity contribution < 1.29 is 19.2 Å². The van der Waals surface area contributed by atoms with Crippen LogP contribution in [0.15, 0.2) is 82.8 Å². The van der Waals surface area contributed by atoms with Crippen molar-refractivity contribution in [1.82, 2.24) is 10.6 Å². The van der Waals surface area contributed by atoms with Gasteiger partial charge in [0.15, 0.2) is 11.9 Å². The molecule has 3 aromatic carbocycles. The van der Waals surface area contributed by atoms with E-state index >= 15 is 0 Å². The number of benzene rings is 3. The van der Waals surface area contributed by atoms with Gasteiger partial charge in [0, 0.05) is 18.7 Å². The molecule has 0 unspecified atom stereocenters. The average Bonchev–Trinajstić information content (AvgIpc) is 3.03. The Labute approximate surface area is 261 Å². The molecule has 0 aliphatic carbocycles. The van der Waals surface area contributed by atoms with Gasteiger partial charge < -0.3 is 39.3 Å². The quantitative estimate of drug-likeness (QED) is 0.0691. The van der Waals surface area contributed by atoms with Crippen molar-refractivity contribution in [2.45, 2.75) is 37.8 Å². The van der Waals surface area contributed by atoms with E-state index in [1.54, 1.807) is 42.5 Å². The number of aliphatic imine (C=N–C) groups is 2. The Morgan fingerprint density at radius 3 is 1.89 bits per heavy atom. The highest BCUT2D eigenvalue weighted by Crippen LogP contribution is 2.25. The van der Waals surface area contributed by atoms with Crippen LogP contribution in [-0.2, 0) is 14.4 Å². The molecule has 0 heterocycles. The Kier molecular flexibility index (Phi) is 12.8. The fourth-order valence-electron chi connectivity index (χ4n) is 4.58. The molecule has 45 heavy (non-hydrogen) atoms. The number of carbonyl (C=O) groups excluding carboxylic acids is 4. The van der Waals surface area contributed by atoms with Gasteiger partial charge in [0.25, 0.3) is 11.8 Å². The van der Waals surface area contributed by atoms with E-state index in [0.717, 1.165) is 15.7 Å². The molecule has 238 valence electrons. The minimum atomic E-state index is -1.19. The van der Waals surface area contributed by atoms with E-state index in [4.69, 9.17) is 28.7 Å². The van der Waals surface area contributed by atoms with Gasteiger partial charge in [0.1, 0.15) is 12.1 Å². The Balaban J connectivity index is 1.99. The van der Waals surface area contributed by atoms with E-state index in [0.29, 0.717) is 18.5 Å². The minimum Gasteiger partial charge on any atom is -0.370 e. The SMILES string of the molecule is NCC(=O)N[C@@H](CCCN=C(N)N)C(=O)N[C@@H](CCCN=C(N)N)C(=O)N(C(=O)c1ccccc1)c1ccc2ccccc2c1. The summed E-state index contributed by atoms with van der Waals surface area (Å²) in [5, 5.41) is 7.05. The lowest BCUT2D eigenvalue weighted by Crippen LogP contribution is -2.56. The standard InChI is InChI=1S/C31H40N10O4/c32-19-26(42)39-24(12-6-16-37-30(33)34)27(43)40-25(13-7-17-38-31(35)36)29(45)41(28(44)21-9-2-1-3-10-21)23-15-14-20-8-4-5-11-22(20)18-23/h1-5,8-11,14-15,18,24-25H,6-7,12-13,16-17,19,32H2,(H,39,42)(H,40,43)(H4,33,34,37)(H4,35,36,38)/t24-,25-/m0/s1. The first-order chi connectivity index (χ1) is 21.6. The number of amides is 4. The van der Waals surface area contributed by atoms with Crippen molar-refractivity contribution in [3.05, 3.63) is 78.4 Å². The van der Waals surface area contributed by atoms with Crippen LogP contribution in [0.2, 0.25) is 0 Å². The number of hydrogen-bond donors (Lipinski definition) is 7. The largest absolute Gasteiger partial charge is 0.370 e. The summed E-state index contributed by atoms with van der Waals surface area (Å²) in [7, 11) is 0. The molecule has 0 radical (unpaired) electrons. The Morgan fingerprint density at radius 1 is 0.711 bits per heavy atom. The molecule has 2 atom stereocenters. The summed E-state index contributed by atoms with van der Waals surface area (Å²) < 4.78 is 0. The van der Waals surface area contributed by atoms with Crippen molar-refractivity contribution in [3.8, 4) is 0 Å². The summed E-state index contributed by atoms with van der Waals surface area (Å²) in [6.45, 7) is 0.0448. The minimum absolute atomic E-state index is 0.0824. The molecular formula is C31H40N10O4. The number of guanidine groups is 2. The topological polar surface area (TPSA) is 250 Å². The Morgan fingerprint density at radius 2 is 1.29 bits per heavy atom. The molecule has 0 spiro atoms. The molecule has 14 nitrogen and oxygen atoms in total. The van der Waals surface area contributed by atoms with Gasteiger partial charge in [-0.25, -0.2) is 4.90 Å². The average molecular weight is 617 g/mol. The molecule has 0 aliphatic rings. The van der Waals surface area contributed by atoms with Gasteiger partial charge in [-0.2, -0.15) is 0 Å². The van der Waals surface area contributed by atoms with Crippen molar-refractivity contribution in [2.75, 3.05) is 24.5 Å². The van der Waals surface area contributed by atoms with Crippen LogP contribution in [-0.4, -0.2) is 67.3 Å². The van der Waals surface area contributed by atoms with Crippen molar-refractivity contribution >= 4 is 52.0 Å². The molecule has 3 rings (SSSR count). The number of nitrogens with one attached hydrogen (secondary N) is 2. The van der Waals surface area contributed by atoms with Gasteiger partial charge in [-0.15, -0.1) is 0 Å². The van der Waals surface area contributed by atoms with Crippen molar-refractivity contribution in [1.29, 1.82) is 0 Å². The lowest BCUT2D eigenvalue weighted by atomic mass is 10.0. The number of nitrogens with zero attached hydrogens (tertiary/aromatic N) is 3. The van der Waals surface area contributed by atoms with E-state index in [2.05, 4.69) is 20.6 Å². The predicted molar refractivity (Wildman–Crippen MR) is 175 cm³/mol. The maximum Gasteiger partial charge on any atom is 0.265 e. The molecule has 0 aromatic heterocycles. The number of rotatable bonds is 15. The maximum atomic E-state index is 14.3. The van der Waals surface area contributed by atoms with E-state index in [1.165, 1.54) is 0 Å². The van der Waals surface area contributed by atoms with Crippen LogP contribution in [0.1, 0.15) is 36.0 Å². The molecule has 4 amide bonds. The van der Waals surface area contributed by atoms with Gasteiger partial charge in [-0.3, -0.25) is 29.2 Å². The normalized spacial score (nSPS) is 11.9. The highest BCUT2D eigenvalue weighted by Gasteiger charge is 2.33. The van der Waals surface area contributed by atoms with E-state index in [-0.39, 0.29) is 50.0 Å². The lowest BCUT2D eigenvalue weighted by Gasteiger charge is -2.28. The highest BCUT2D eigenvalue weighted by atomic mass is 16.2. The third-order valence-corrected chi connectivity index (χ3v) is 6.78. The third kappa shape index (κ3) is 10.3. The zero-order valence-corrected chi connectivity index (χ0v) is 24.9. The fraction of sp³-hybridized carbons (Fsp3) is 0.290. The molecule has 0 bridgehead atoms. The Bertz CT molecular complexity index is 1540. The predicted octanol–water partition coefficient (Wildman–Crippen LogP) is 0.0487. The van der Waals surface area contributed by atoms with Crippen molar-refractivity contribution in [3.63, 3.8) is 0 Å². The smallest absolute Gasteiger partial charge is 0.265 e. The number of carbonyl (C=O) groups is 4. The van der Waals surface area contributed by atoms with Gasteiger partial charge in [-0.1, -0.05) is 48.5 Å². The highest BCUT2D eigenvalue weighted by molar-refractivity contribution is 6.23. The molecule has 0 saturated heterocycles. The van der Waals surface area contributed by atoms with E-state index in [9.17, 15) is 19.2 Å². The molecule has 3 aromatic rings. The second-order valence-electron chi connectivity index (χ2n) is 10.2. The summed E-state index contributed by atoms with van der Waals surface area (Å²) in [6, 6.07) is 18.9. The van der Waals surface area contributed by atoms with Crippen LogP contribution in [0, 0.1) is 0 Å². The summed E-state index contributed by atoms with van der Waals surface area (Å²) in [5.74, 6) is -2.70. The number of hydrogen-bond acceptors (Lipinski definition) is 7. The molecule has 0 fully saturated rings. The second kappa shape index (κ2) is 17.0. The molecule has 12 N–H and O–H groups in total. The fourth-order valence-corrected chi connectivity index (χ4v) is 4.58. The van der Waals surface area contributed by atoms with E-state index < -0.39 is 35.7 Å². The van der Waals surface area contributed by atoms with Crippen LogP contribution in [0.5, 0.6) is 0 Å². The zero-order chi connectivity index (χ0) is 32.8. The van der Waals surface area contributed by atoms with Gasteiger partial charge in [0.05, 0.1) is 12.2 Å². The van der Waals surface area contributed by atoms with Crippen LogP contribution in [0.3, 0.4) is 0 Å². The summed E-state index contributed by atoms with van der Waals surface area (Å²) in [5.41, 5.74) is 27.8. The van der Waals surface area contributed by atoms with Crippen LogP contribution in [0.4, 0.5) is 5.69 Å². The zero-order valence-electron chi connectivity index (χ0n) is 24.9. The second-order valence-corrected chi connectivity index (χ2v) is 10.2. The summed E-state index contributed by atoms with van der Waals surface area (Å²) in [6.07, 6.45) is 0.878. The van der Waals surface area contributed by atoms with Crippen molar-refractivity contribution in [2.24, 2.45) is 38.7 Å². The van der Waals surface area contributed by atoms with E-state index in [1.807, 2.05) is 30.3 Å². The van der Waals surface area contributed by atoms with Gasteiger partial charge >= 0.3 is 0 Å². The Hall–Kier alpha value is -5.50. The first-order valence-electron chi connectivity index (χ1n) is 14.4. The summed E-state index contributed by atoms with van der Waals surface area (Å²) in [4.78, 5) is 62.9. The molecule has 14 heteroatoms. The first-order valence-corrected chi connectivity index (χ1v) is 14.4. The third-order valence-electron chi connectivity index (χ3n) is 6.78. The molecule has 0 saturated carbocycles. The summed E-state index contributed by atoms with van der Waals surface area (Å²) >= 11 is 0. The monoisotopic (exact) mass is 616 g/mol. The van der Waals surface area contributed by atoms with Crippen LogP contribution >= 0.6 is 0 Å². The number of fused-ring (bicyclic) bond motifs is 1. The molecular weight excluding hydrogens is 576 g/mol. The lowest BCUT2D eigenvalue weighted by molar-refractivity contribution is -0.131. The van der Waals surface area contributed by atoms with Crippen LogP contribution in [0.25, 0.3) is 10.8 Å². The molecule has 0 aliphatic heterocycles.